The molecule has 0 saturated heterocycles. The van der Waals surface area contributed by atoms with E-state index in [9.17, 15) is 0 Å². The van der Waals surface area contributed by atoms with Crippen LogP contribution >= 0.6 is 0 Å². The SMILES string of the molecule is c1ccc(-c2nc(-c3cccc4oc5ccccc5c34)nc(-c3ccc(-c4ccccc4)c4oc5cc6ccccc6nc5c34)n2)cc1. The van der Waals surface area contributed by atoms with Crippen LogP contribution < -0.4 is 0 Å². The molecule has 0 fully saturated rings. The lowest BCUT2D eigenvalue weighted by atomic mass is 9.99. The van der Waals surface area contributed by atoms with Crippen molar-refractivity contribution >= 4 is 54.9 Å². The van der Waals surface area contributed by atoms with Gasteiger partial charge in [0.05, 0.1) is 10.9 Å². The molecule has 0 atom stereocenters. The van der Waals surface area contributed by atoms with Gasteiger partial charge < -0.3 is 8.83 Å². The fourth-order valence-electron chi connectivity index (χ4n) is 6.71. The molecule has 0 spiro atoms. The molecule has 0 aliphatic heterocycles. The van der Waals surface area contributed by atoms with E-state index >= 15 is 0 Å². The predicted octanol–water partition coefficient (Wildman–Crippen LogP) is 10.9. The van der Waals surface area contributed by atoms with Crippen LogP contribution in [0.2, 0.25) is 0 Å². The number of benzene rings is 6. The maximum Gasteiger partial charge on any atom is 0.164 e. The highest BCUT2D eigenvalue weighted by molar-refractivity contribution is 6.16. The molecule has 48 heavy (non-hydrogen) atoms. The molecule has 0 amide bonds. The molecule has 0 N–H and O–H groups in total. The third-order valence-electron chi connectivity index (χ3n) is 8.93. The predicted molar refractivity (Wildman–Crippen MR) is 191 cm³/mol. The van der Waals surface area contributed by atoms with Crippen molar-refractivity contribution in [3.05, 3.63) is 146 Å². The van der Waals surface area contributed by atoms with Gasteiger partial charge in [0.1, 0.15) is 22.3 Å². The third-order valence-corrected chi connectivity index (χ3v) is 8.93. The van der Waals surface area contributed by atoms with Gasteiger partial charge in [-0.2, -0.15) is 0 Å². The summed E-state index contributed by atoms with van der Waals surface area (Å²) in [6, 6.07) is 48.7. The topological polar surface area (TPSA) is 77.8 Å². The first kappa shape index (κ1) is 26.5. The molecule has 6 aromatic carbocycles. The molecular formula is C42H24N4O2. The summed E-state index contributed by atoms with van der Waals surface area (Å²) in [7, 11) is 0. The molecule has 0 bridgehead atoms. The zero-order valence-electron chi connectivity index (χ0n) is 25.5. The Hall–Kier alpha value is -6.66. The highest BCUT2D eigenvalue weighted by Crippen LogP contribution is 2.42. The summed E-state index contributed by atoms with van der Waals surface area (Å²) in [6.07, 6.45) is 0. The first-order valence-corrected chi connectivity index (χ1v) is 15.8. The number of aromatic nitrogens is 4. The van der Waals surface area contributed by atoms with Crippen molar-refractivity contribution in [2.24, 2.45) is 0 Å². The number of fused-ring (bicyclic) bond motifs is 7. The van der Waals surface area contributed by atoms with Crippen LogP contribution in [0.25, 0.3) is 100 Å². The fourth-order valence-corrected chi connectivity index (χ4v) is 6.71. The number of furan rings is 2. The summed E-state index contributed by atoms with van der Waals surface area (Å²) in [5, 5.41) is 3.86. The van der Waals surface area contributed by atoms with Crippen LogP contribution in [0.15, 0.2) is 154 Å². The monoisotopic (exact) mass is 616 g/mol. The quantitative estimate of drug-likeness (QED) is 0.196. The Kier molecular flexibility index (Phi) is 5.77. The molecule has 4 aromatic heterocycles. The van der Waals surface area contributed by atoms with Crippen molar-refractivity contribution < 1.29 is 8.83 Å². The van der Waals surface area contributed by atoms with E-state index in [-0.39, 0.29) is 0 Å². The average molecular weight is 617 g/mol. The molecule has 10 rings (SSSR count). The van der Waals surface area contributed by atoms with Gasteiger partial charge in [0.25, 0.3) is 0 Å². The van der Waals surface area contributed by atoms with Crippen LogP contribution in [0.5, 0.6) is 0 Å². The van der Waals surface area contributed by atoms with Crippen molar-refractivity contribution in [2.45, 2.75) is 0 Å². The Morgan fingerprint density at radius 3 is 1.88 bits per heavy atom. The van der Waals surface area contributed by atoms with Crippen LogP contribution in [-0.4, -0.2) is 19.9 Å². The number of nitrogens with zero attached hydrogens (tertiary/aromatic N) is 4. The second-order valence-corrected chi connectivity index (χ2v) is 11.8. The van der Waals surface area contributed by atoms with Crippen molar-refractivity contribution in [2.75, 3.05) is 0 Å². The minimum absolute atomic E-state index is 0.533. The molecule has 0 saturated carbocycles. The molecule has 0 aliphatic carbocycles. The molecule has 0 unspecified atom stereocenters. The molecular weight excluding hydrogens is 592 g/mol. The first-order valence-electron chi connectivity index (χ1n) is 15.8. The van der Waals surface area contributed by atoms with Crippen LogP contribution in [0, 0.1) is 0 Å². The zero-order chi connectivity index (χ0) is 31.6. The molecule has 4 heterocycles. The van der Waals surface area contributed by atoms with E-state index in [1.165, 1.54) is 0 Å². The summed E-state index contributed by atoms with van der Waals surface area (Å²) in [5.74, 6) is 1.67. The number of hydrogen-bond donors (Lipinski definition) is 0. The van der Waals surface area contributed by atoms with Gasteiger partial charge in [0.15, 0.2) is 23.1 Å². The Morgan fingerprint density at radius 1 is 0.396 bits per heavy atom. The van der Waals surface area contributed by atoms with E-state index in [4.69, 9.17) is 28.8 Å². The van der Waals surface area contributed by atoms with Gasteiger partial charge in [-0.15, -0.1) is 0 Å². The fraction of sp³-hybridized carbons (Fsp3) is 0. The summed E-state index contributed by atoms with van der Waals surface area (Å²) in [4.78, 5) is 20.5. The molecule has 10 aromatic rings. The van der Waals surface area contributed by atoms with E-state index in [2.05, 4.69) is 42.5 Å². The smallest absolute Gasteiger partial charge is 0.164 e. The van der Waals surface area contributed by atoms with Crippen molar-refractivity contribution in [3.63, 3.8) is 0 Å². The normalized spacial score (nSPS) is 11.8. The molecule has 6 heteroatoms. The zero-order valence-corrected chi connectivity index (χ0v) is 25.5. The summed E-state index contributed by atoms with van der Waals surface area (Å²) < 4.78 is 12.9. The van der Waals surface area contributed by atoms with E-state index in [1.807, 2.05) is 103 Å². The van der Waals surface area contributed by atoms with Crippen LogP contribution in [-0.2, 0) is 0 Å². The lowest BCUT2D eigenvalue weighted by Gasteiger charge is -2.11. The van der Waals surface area contributed by atoms with Gasteiger partial charge in [0, 0.05) is 38.4 Å². The van der Waals surface area contributed by atoms with E-state index < -0.39 is 0 Å². The van der Waals surface area contributed by atoms with Gasteiger partial charge in [-0.1, -0.05) is 109 Å². The second-order valence-electron chi connectivity index (χ2n) is 11.8. The van der Waals surface area contributed by atoms with Gasteiger partial charge >= 0.3 is 0 Å². The standard InChI is InChI=1S/C42H24N4O2/c1-3-12-25(13-4-1)28-22-23-31(37-38-35(48-39(28)37)24-27-16-7-9-19-32(27)43-38)42-45-40(26-14-5-2-6-15-26)44-41(46-42)30-18-11-21-34-36(30)29-17-8-10-20-33(29)47-34/h1-24H. The second kappa shape index (κ2) is 10.4. The minimum Gasteiger partial charge on any atom is -0.456 e. The largest absolute Gasteiger partial charge is 0.456 e. The molecule has 0 radical (unpaired) electrons. The molecule has 6 nitrogen and oxygen atoms in total. The first-order chi connectivity index (χ1) is 23.8. The summed E-state index contributed by atoms with van der Waals surface area (Å²) in [5.41, 5.74) is 9.32. The van der Waals surface area contributed by atoms with Gasteiger partial charge in [-0.25, -0.2) is 19.9 Å². The highest BCUT2D eigenvalue weighted by atomic mass is 16.3. The van der Waals surface area contributed by atoms with E-state index in [0.717, 1.165) is 77.1 Å². The number of rotatable bonds is 4. The maximum atomic E-state index is 6.69. The van der Waals surface area contributed by atoms with E-state index in [1.54, 1.807) is 0 Å². The summed E-state index contributed by atoms with van der Waals surface area (Å²) in [6.45, 7) is 0. The van der Waals surface area contributed by atoms with Crippen LogP contribution in [0.4, 0.5) is 0 Å². The number of hydrogen-bond acceptors (Lipinski definition) is 6. The lowest BCUT2D eigenvalue weighted by molar-refractivity contribution is 0.669. The van der Waals surface area contributed by atoms with E-state index in [0.29, 0.717) is 23.1 Å². The Bertz CT molecular complexity index is 2840. The number of pyridine rings is 1. The van der Waals surface area contributed by atoms with Gasteiger partial charge in [-0.3, -0.25) is 0 Å². The lowest BCUT2D eigenvalue weighted by Crippen LogP contribution is -2.01. The Balaban J connectivity index is 1.30. The average Bonchev–Trinajstić information content (AvgIpc) is 3.72. The summed E-state index contributed by atoms with van der Waals surface area (Å²) >= 11 is 0. The third kappa shape index (κ3) is 4.13. The van der Waals surface area contributed by atoms with Gasteiger partial charge in [0.2, 0.25) is 0 Å². The minimum atomic E-state index is 0.533. The highest BCUT2D eigenvalue weighted by Gasteiger charge is 2.23. The van der Waals surface area contributed by atoms with Crippen molar-refractivity contribution in [3.8, 4) is 45.3 Å². The van der Waals surface area contributed by atoms with Crippen molar-refractivity contribution in [1.82, 2.24) is 19.9 Å². The Morgan fingerprint density at radius 2 is 1.04 bits per heavy atom. The molecule has 0 aliphatic rings. The maximum absolute atomic E-state index is 6.69. The van der Waals surface area contributed by atoms with Crippen LogP contribution in [0.3, 0.4) is 0 Å². The number of para-hydroxylation sites is 2. The Labute approximate surface area is 274 Å². The van der Waals surface area contributed by atoms with Crippen molar-refractivity contribution in [1.29, 1.82) is 0 Å². The molecule has 224 valence electrons. The van der Waals surface area contributed by atoms with Crippen LogP contribution in [0.1, 0.15) is 0 Å². The van der Waals surface area contributed by atoms with Gasteiger partial charge in [-0.05, 0) is 42.0 Å².